The van der Waals surface area contributed by atoms with Gasteiger partial charge in [-0.3, -0.25) is 4.79 Å². The standard InChI is InChI=1S/C19H19F3O3S/c1-19(2,3)26(24,25)11-12-4-6-13(7-5-12)16(23)10-14-8-9-15(20)18(22)17(14)21/h4-9H,10-11H2,1-3H3. The molecule has 0 aliphatic carbocycles. The molecule has 0 radical (unpaired) electrons. The smallest absolute Gasteiger partial charge is 0.194 e. The van der Waals surface area contributed by atoms with Crippen molar-refractivity contribution in [3.63, 3.8) is 0 Å². The molecule has 0 aromatic heterocycles. The van der Waals surface area contributed by atoms with Crippen molar-refractivity contribution in [2.45, 2.75) is 37.7 Å². The van der Waals surface area contributed by atoms with Gasteiger partial charge in [0.25, 0.3) is 0 Å². The lowest BCUT2D eigenvalue weighted by atomic mass is 10.0. The Morgan fingerprint density at radius 1 is 0.923 bits per heavy atom. The number of benzene rings is 2. The third kappa shape index (κ3) is 4.33. The van der Waals surface area contributed by atoms with Gasteiger partial charge >= 0.3 is 0 Å². The van der Waals surface area contributed by atoms with Crippen LogP contribution in [0.15, 0.2) is 36.4 Å². The molecule has 0 bridgehead atoms. The van der Waals surface area contributed by atoms with Crippen molar-refractivity contribution < 1.29 is 26.4 Å². The Labute approximate surface area is 150 Å². The normalized spacial score (nSPS) is 12.2. The van der Waals surface area contributed by atoms with Crippen LogP contribution in [0.4, 0.5) is 13.2 Å². The molecule has 26 heavy (non-hydrogen) atoms. The van der Waals surface area contributed by atoms with Crippen LogP contribution in [-0.2, 0) is 22.0 Å². The second kappa shape index (κ2) is 7.23. The van der Waals surface area contributed by atoms with Crippen molar-refractivity contribution in [1.82, 2.24) is 0 Å². The Hall–Kier alpha value is -2.15. The molecular formula is C19H19F3O3S. The van der Waals surface area contributed by atoms with Crippen molar-refractivity contribution in [2.75, 3.05) is 0 Å². The first-order chi connectivity index (χ1) is 11.9. The molecule has 0 saturated heterocycles. The highest BCUT2D eigenvalue weighted by molar-refractivity contribution is 7.91. The largest absolute Gasteiger partial charge is 0.294 e. The van der Waals surface area contributed by atoms with E-state index in [1.54, 1.807) is 20.8 Å². The van der Waals surface area contributed by atoms with Gasteiger partial charge in [-0.1, -0.05) is 30.3 Å². The summed E-state index contributed by atoms with van der Waals surface area (Å²) in [5, 5.41) is 0. The van der Waals surface area contributed by atoms with E-state index >= 15 is 0 Å². The Bertz CT molecular complexity index is 928. The fraction of sp³-hybridized carbons (Fsp3) is 0.316. The number of carbonyl (C=O) groups is 1. The van der Waals surface area contributed by atoms with Gasteiger partial charge < -0.3 is 0 Å². The fourth-order valence-electron chi connectivity index (χ4n) is 2.20. The van der Waals surface area contributed by atoms with E-state index in [9.17, 15) is 26.4 Å². The third-order valence-electron chi connectivity index (χ3n) is 4.03. The quantitative estimate of drug-likeness (QED) is 0.572. The maximum Gasteiger partial charge on any atom is 0.194 e. The number of hydrogen-bond donors (Lipinski definition) is 0. The summed E-state index contributed by atoms with van der Waals surface area (Å²) in [6.45, 7) is 4.82. The summed E-state index contributed by atoms with van der Waals surface area (Å²) in [5.74, 6) is -4.96. The molecule has 140 valence electrons. The second-order valence-electron chi connectivity index (χ2n) is 7.00. The predicted octanol–water partition coefficient (Wildman–Crippen LogP) is 4.24. The van der Waals surface area contributed by atoms with E-state index in [2.05, 4.69) is 0 Å². The van der Waals surface area contributed by atoms with Crippen LogP contribution < -0.4 is 0 Å². The Kier molecular flexibility index (Phi) is 5.61. The van der Waals surface area contributed by atoms with Gasteiger partial charge in [-0.25, -0.2) is 21.6 Å². The zero-order valence-electron chi connectivity index (χ0n) is 14.6. The molecule has 0 fully saturated rings. The van der Waals surface area contributed by atoms with Crippen LogP contribution in [-0.4, -0.2) is 18.9 Å². The van der Waals surface area contributed by atoms with Crippen LogP contribution >= 0.6 is 0 Å². The molecule has 0 N–H and O–H groups in total. The number of sulfone groups is 1. The highest BCUT2D eigenvalue weighted by Crippen LogP contribution is 2.21. The van der Waals surface area contributed by atoms with Crippen molar-refractivity contribution in [3.8, 4) is 0 Å². The summed E-state index contributed by atoms with van der Waals surface area (Å²) in [7, 11) is -3.36. The van der Waals surface area contributed by atoms with E-state index in [0.29, 0.717) is 5.56 Å². The first-order valence-electron chi connectivity index (χ1n) is 7.89. The molecule has 0 unspecified atom stereocenters. The van der Waals surface area contributed by atoms with Gasteiger partial charge in [0.15, 0.2) is 33.1 Å². The minimum Gasteiger partial charge on any atom is -0.294 e. The fourth-order valence-corrected chi connectivity index (χ4v) is 3.26. The summed E-state index contributed by atoms with van der Waals surface area (Å²) in [6.07, 6.45) is -0.428. The Morgan fingerprint density at radius 3 is 2.04 bits per heavy atom. The Balaban J connectivity index is 2.16. The van der Waals surface area contributed by atoms with Crippen LogP contribution in [0.5, 0.6) is 0 Å². The monoisotopic (exact) mass is 384 g/mol. The minimum atomic E-state index is -3.36. The molecule has 0 amide bonds. The molecular weight excluding hydrogens is 365 g/mol. The average Bonchev–Trinajstić information content (AvgIpc) is 2.54. The van der Waals surface area contributed by atoms with E-state index < -0.39 is 44.2 Å². The summed E-state index contributed by atoms with van der Waals surface area (Å²) in [5.41, 5.74) is 0.509. The van der Waals surface area contributed by atoms with Crippen molar-refractivity contribution in [1.29, 1.82) is 0 Å². The van der Waals surface area contributed by atoms with Gasteiger partial charge in [0.1, 0.15) is 0 Å². The lowest BCUT2D eigenvalue weighted by Crippen LogP contribution is -2.29. The van der Waals surface area contributed by atoms with Gasteiger partial charge in [-0.15, -0.1) is 0 Å². The maximum atomic E-state index is 13.7. The van der Waals surface area contributed by atoms with Crippen LogP contribution in [0, 0.1) is 17.5 Å². The molecule has 2 aromatic carbocycles. The summed E-state index contributed by atoms with van der Waals surface area (Å²) >= 11 is 0. The summed E-state index contributed by atoms with van der Waals surface area (Å²) < 4.78 is 63.3. The van der Waals surface area contributed by atoms with E-state index in [1.165, 1.54) is 24.3 Å². The number of ketones is 1. The number of halogens is 3. The Morgan fingerprint density at radius 2 is 1.50 bits per heavy atom. The van der Waals surface area contributed by atoms with Gasteiger partial charge in [0, 0.05) is 12.0 Å². The number of Topliss-reactive ketones (excluding diaryl/α,β-unsaturated/α-hetero) is 1. The highest BCUT2D eigenvalue weighted by Gasteiger charge is 2.29. The minimum absolute atomic E-state index is 0.164. The van der Waals surface area contributed by atoms with E-state index in [4.69, 9.17) is 0 Å². The van der Waals surface area contributed by atoms with Crippen LogP contribution in [0.3, 0.4) is 0 Å². The number of carbonyl (C=O) groups excluding carboxylic acids is 1. The zero-order valence-corrected chi connectivity index (χ0v) is 15.5. The topological polar surface area (TPSA) is 51.2 Å². The van der Waals surface area contributed by atoms with Crippen LogP contribution in [0.2, 0.25) is 0 Å². The summed E-state index contributed by atoms with van der Waals surface area (Å²) in [6, 6.07) is 7.69. The molecule has 3 nitrogen and oxygen atoms in total. The SMILES string of the molecule is CC(C)(C)S(=O)(=O)Cc1ccc(C(=O)Cc2ccc(F)c(F)c2F)cc1. The lowest BCUT2D eigenvalue weighted by molar-refractivity contribution is 0.0991. The molecule has 7 heteroatoms. The highest BCUT2D eigenvalue weighted by atomic mass is 32.2. The summed E-state index contributed by atoms with van der Waals surface area (Å²) in [4.78, 5) is 12.2. The molecule has 2 aromatic rings. The van der Waals surface area contributed by atoms with Crippen LogP contribution in [0.1, 0.15) is 42.3 Å². The van der Waals surface area contributed by atoms with E-state index in [1.807, 2.05) is 0 Å². The first-order valence-corrected chi connectivity index (χ1v) is 9.54. The average molecular weight is 384 g/mol. The van der Waals surface area contributed by atoms with Gasteiger partial charge in [-0.2, -0.15) is 0 Å². The van der Waals surface area contributed by atoms with Crippen molar-refractivity contribution in [3.05, 3.63) is 70.5 Å². The van der Waals surface area contributed by atoms with E-state index in [0.717, 1.165) is 12.1 Å². The molecule has 0 spiro atoms. The van der Waals surface area contributed by atoms with Crippen molar-refractivity contribution in [2.24, 2.45) is 0 Å². The number of rotatable bonds is 5. The first kappa shape index (κ1) is 20.2. The molecule has 0 saturated carbocycles. The van der Waals surface area contributed by atoms with Crippen molar-refractivity contribution >= 4 is 15.6 Å². The maximum absolute atomic E-state index is 13.7. The molecule has 0 aliphatic rings. The molecule has 0 aliphatic heterocycles. The van der Waals surface area contributed by atoms with Gasteiger partial charge in [-0.05, 0) is 38.0 Å². The predicted molar refractivity (Wildman–Crippen MR) is 93.2 cm³/mol. The van der Waals surface area contributed by atoms with Gasteiger partial charge in [0.05, 0.1) is 10.5 Å². The van der Waals surface area contributed by atoms with Crippen LogP contribution in [0.25, 0.3) is 0 Å². The number of hydrogen-bond acceptors (Lipinski definition) is 3. The third-order valence-corrected chi connectivity index (χ3v) is 6.61. The lowest BCUT2D eigenvalue weighted by Gasteiger charge is -2.19. The van der Waals surface area contributed by atoms with E-state index in [-0.39, 0.29) is 16.9 Å². The van der Waals surface area contributed by atoms with Gasteiger partial charge in [0.2, 0.25) is 0 Å². The second-order valence-corrected chi connectivity index (χ2v) is 9.75. The molecule has 2 rings (SSSR count). The zero-order chi connectivity index (χ0) is 19.7. The molecule has 0 heterocycles. The molecule has 0 atom stereocenters.